The van der Waals surface area contributed by atoms with Gasteiger partial charge in [0.2, 0.25) is 0 Å². The molecule has 0 aliphatic rings. The molecule has 0 N–H and O–H groups in total. The maximum Gasteiger partial charge on any atom is 0.164 e. The van der Waals surface area contributed by atoms with Gasteiger partial charge in [-0.3, -0.25) is 0 Å². The smallest absolute Gasteiger partial charge is 0.164 e. The molecule has 0 amide bonds. The number of nitrogens with zero attached hydrogens (tertiary/aromatic N) is 3. The van der Waals surface area contributed by atoms with E-state index in [-0.39, 0.29) is 0 Å². The summed E-state index contributed by atoms with van der Waals surface area (Å²) in [6, 6.07) is 57.7. The molecule has 0 spiro atoms. The van der Waals surface area contributed by atoms with Gasteiger partial charge in [0.25, 0.3) is 0 Å². The van der Waals surface area contributed by atoms with E-state index in [2.05, 4.69) is 103 Å². The van der Waals surface area contributed by atoms with Gasteiger partial charge in [-0.05, 0) is 57.3 Å². The third-order valence-electron chi connectivity index (χ3n) is 8.73. The summed E-state index contributed by atoms with van der Waals surface area (Å²) in [5.41, 5.74) is 7.78. The second kappa shape index (κ2) is 11.4. The standard InChI is InChI=1S/C43H27N3S/c1-3-10-31(11-4-1)41-44-42(32-12-5-2-6-13-32)46-43(45-41)36-21-23-37-38-26-35(22-24-39(38)47-40(37)27-36)30-17-15-29(16-18-30)34-20-19-28-9-7-8-14-33(28)25-34/h1-27H. The third-order valence-corrected chi connectivity index (χ3v) is 9.86. The minimum absolute atomic E-state index is 0.669. The fourth-order valence-corrected chi connectivity index (χ4v) is 7.38. The van der Waals surface area contributed by atoms with Crippen LogP contribution in [0.1, 0.15) is 0 Å². The summed E-state index contributed by atoms with van der Waals surface area (Å²) in [5, 5.41) is 5.02. The molecule has 0 saturated carbocycles. The van der Waals surface area contributed by atoms with Crippen LogP contribution in [0.4, 0.5) is 0 Å². The van der Waals surface area contributed by atoms with Crippen molar-refractivity contribution in [3.8, 4) is 56.4 Å². The third kappa shape index (κ3) is 5.15. The van der Waals surface area contributed by atoms with E-state index in [0.717, 1.165) is 16.7 Å². The molecular weight excluding hydrogens is 591 g/mol. The van der Waals surface area contributed by atoms with Crippen molar-refractivity contribution < 1.29 is 0 Å². The van der Waals surface area contributed by atoms with Crippen LogP contribution in [0.5, 0.6) is 0 Å². The number of rotatable bonds is 5. The van der Waals surface area contributed by atoms with Crippen molar-refractivity contribution in [2.45, 2.75) is 0 Å². The SMILES string of the molecule is c1ccc(-c2nc(-c3ccccc3)nc(-c3ccc4c(c3)sc3ccc(-c5ccc(-c6ccc7ccccc7c6)cc5)cc34)n2)cc1. The van der Waals surface area contributed by atoms with E-state index in [0.29, 0.717) is 17.5 Å². The lowest BCUT2D eigenvalue weighted by Gasteiger charge is -2.08. The van der Waals surface area contributed by atoms with Crippen molar-refractivity contribution in [3.63, 3.8) is 0 Å². The minimum atomic E-state index is 0.669. The Labute approximate surface area is 276 Å². The normalized spacial score (nSPS) is 11.4. The van der Waals surface area contributed by atoms with E-state index in [1.54, 1.807) is 11.3 Å². The first kappa shape index (κ1) is 27.3. The molecule has 9 rings (SSSR count). The predicted octanol–water partition coefficient (Wildman–Crippen LogP) is 11.7. The molecular formula is C43H27N3S. The highest BCUT2D eigenvalue weighted by atomic mass is 32.1. The zero-order valence-corrected chi connectivity index (χ0v) is 26.2. The van der Waals surface area contributed by atoms with Crippen LogP contribution in [0.3, 0.4) is 0 Å². The van der Waals surface area contributed by atoms with Crippen molar-refractivity contribution in [3.05, 3.63) is 164 Å². The van der Waals surface area contributed by atoms with Gasteiger partial charge in [0.1, 0.15) is 0 Å². The van der Waals surface area contributed by atoms with Crippen molar-refractivity contribution in [1.29, 1.82) is 0 Å². The molecule has 0 atom stereocenters. The largest absolute Gasteiger partial charge is 0.208 e. The average Bonchev–Trinajstić information content (AvgIpc) is 3.52. The van der Waals surface area contributed by atoms with Gasteiger partial charge < -0.3 is 0 Å². The molecule has 0 radical (unpaired) electrons. The van der Waals surface area contributed by atoms with Gasteiger partial charge in [0.15, 0.2) is 17.5 Å². The van der Waals surface area contributed by atoms with E-state index in [9.17, 15) is 0 Å². The highest BCUT2D eigenvalue weighted by Crippen LogP contribution is 2.39. The first-order valence-corrected chi connectivity index (χ1v) is 16.5. The van der Waals surface area contributed by atoms with Crippen LogP contribution in [-0.2, 0) is 0 Å². The first-order valence-electron chi connectivity index (χ1n) is 15.7. The summed E-state index contributed by atoms with van der Waals surface area (Å²) in [4.78, 5) is 14.7. The number of thiophene rings is 1. The van der Waals surface area contributed by atoms with Crippen LogP contribution >= 0.6 is 11.3 Å². The number of benzene rings is 7. The molecule has 4 heteroatoms. The van der Waals surface area contributed by atoms with Gasteiger partial charge in [-0.25, -0.2) is 15.0 Å². The van der Waals surface area contributed by atoms with Crippen LogP contribution in [0.25, 0.3) is 87.4 Å². The molecule has 0 bridgehead atoms. The van der Waals surface area contributed by atoms with Crippen molar-refractivity contribution in [2.75, 3.05) is 0 Å². The second-order valence-electron chi connectivity index (χ2n) is 11.7. The Hall–Kier alpha value is -5.97. The van der Waals surface area contributed by atoms with Crippen LogP contribution in [0, 0.1) is 0 Å². The van der Waals surface area contributed by atoms with Crippen molar-refractivity contribution in [1.82, 2.24) is 15.0 Å². The van der Waals surface area contributed by atoms with Crippen LogP contribution in [-0.4, -0.2) is 15.0 Å². The number of fused-ring (bicyclic) bond motifs is 4. The molecule has 0 unspecified atom stereocenters. The molecule has 3 nitrogen and oxygen atoms in total. The summed E-state index contributed by atoms with van der Waals surface area (Å²) >= 11 is 1.80. The molecule has 47 heavy (non-hydrogen) atoms. The lowest BCUT2D eigenvalue weighted by atomic mass is 9.97. The molecule has 0 fully saturated rings. The van der Waals surface area contributed by atoms with E-state index in [1.165, 1.54) is 53.2 Å². The number of hydrogen-bond donors (Lipinski definition) is 0. The molecule has 2 aromatic heterocycles. The highest BCUT2D eigenvalue weighted by molar-refractivity contribution is 7.25. The van der Waals surface area contributed by atoms with Crippen molar-refractivity contribution >= 4 is 42.3 Å². The fraction of sp³-hybridized carbons (Fsp3) is 0. The Balaban J connectivity index is 1.08. The molecule has 0 aliphatic carbocycles. The van der Waals surface area contributed by atoms with Gasteiger partial charge in [0.05, 0.1) is 0 Å². The lowest BCUT2D eigenvalue weighted by molar-refractivity contribution is 1.07. The zero-order chi connectivity index (χ0) is 31.2. The topological polar surface area (TPSA) is 38.7 Å². The Morgan fingerprint density at radius 2 is 0.809 bits per heavy atom. The van der Waals surface area contributed by atoms with Crippen molar-refractivity contribution in [2.24, 2.45) is 0 Å². The first-order chi connectivity index (χ1) is 23.2. The lowest BCUT2D eigenvalue weighted by Crippen LogP contribution is -1.99. The summed E-state index contributed by atoms with van der Waals surface area (Å²) in [7, 11) is 0. The maximum absolute atomic E-state index is 4.94. The molecule has 220 valence electrons. The van der Waals surface area contributed by atoms with Crippen LogP contribution < -0.4 is 0 Å². The fourth-order valence-electron chi connectivity index (χ4n) is 6.26. The zero-order valence-electron chi connectivity index (χ0n) is 25.3. The van der Waals surface area contributed by atoms with Gasteiger partial charge >= 0.3 is 0 Å². The van der Waals surface area contributed by atoms with Crippen LogP contribution in [0.2, 0.25) is 0 Å². The maximum atomic E-state index is 4.94. The predicted molar refractivity (Wildman–Crippen MR) is 197 cm³/mol. The van der Waals surface area contributed by atoms with Gasteiger partial charge in [-0.1, -0.05) is 140 Å². The van der Waals surface area contributed by atoms with E-state index < -0.39 is 0 Å². The molecule has 9 aromatic rings. The number of aromatic nitrogens is 3. The summed E-state index contributed by atoms with van der Waals surface area (Å²) in [6.45, 7) is 0. The summed E-state index contributed by atoms with van der Waals surface area (Å²) < 4.78 is 2.48. The average molecular weight is 618 g/mol. The minimum Gasteiger partial charge on any atom is -0.208 e. The second-order valence-corrected chi connectivity index (χ2v) is 12.8. The van der Waals surface area contributed by atoms with E-state index in [4.69, 9.17) is 15.0 Å². The van der Waals surface area contributed by atoms with Crippen LogP contribution in [0.15, 0.2) is 164 Å². The molecule has 0 saturated heterocycles. The van der Waals surface area contributed by atoms with Gasteiger partial charge in [0, 0.05) is 36.9 Å². The molecule has 2 heterocycles. The molecule has 7 aromatic carbocycles. The monoisotopic (exact) mass is 617 g/mol. The quantitative estimate of drug-likeness (QED) is 0.193. The molecule has 0 aliphatic heterocycles. The Morgan fingerprint density at radius 3 is 1.47 bits per heavy atom. The summed E-state index contributed by atoms with van der Waals surface area (Å²) in [6.07, 6.45) is 0. The highest BCUT2D eigenvalue weighted by Gasteiger charge is 2.14. The van der Waals surface area contributed by atoms with E-state index in [1.807, 2.05) is 60.7 Å². The Kier molecular flexibility index (Phi) is 6.65. The Bertz CT molecular complexity index is 2500. The van der Waals surface area contributed by atoms with Gasteiger partial charge in [-0.15, -0.1) is 11.3 Å². The summed E-state index contributed by atoms with van der Waals surface area (Å²) in [5.74, 6) is 2.01. The van der Waals surface area contributed by atoms with E-state index >= 15 is 0 Å². The Morgan fingerprint density at radius 1 is 0.298 bits per heavy atom. The number of hydrogen-bond acceptors (Lipinski definition) is 4. The van der Waals surface area contributed by atoms with Gasteiger partial charge in [-0.2, -0.15) is 0 Å².